The van der Waals surface area contributed by atoms with Crippen molar-refractivity contribution >= 4 is 29.1 Å². The van der Waals surface area contributed by atoms with Gasteiger partial charge in [-0.2, -0.15) is 0 Å². The van der Waals surface area contributed by atoms with Gasteiger partial charge in [0.1, 0.15) is 0 Å². The Morgan fingerprint density at radius 1 is 1.18 bits per heavy atom. The third-order valence-electron chi connectivity index (χ3n) is 2.94. The number of amides is 1. The van der Waals surface area contributed by atoms with Crippen molar-refractivity contribution in [2.45, 2.75) is 36.7 Å². The van der Waals surface area contributed by atoms with Crippen molar-refractivity contribution in [3.8, 4) is 0 Å². The fraction of sp³-hybridized carbons (Fsp3) is 0.462. The first-order chi connectivity index (χ1) is 7.76. The molecule has 0 aliphatic carbocycles. The van der Waals surface area contributed by atoms with Crippen LogP contribution in [0.15, 0.2) is 30.3 Å². The molecule has 1 aromatic carbocycles. The molecule has 1 aliphatic heterocycles. The molecule has 2 rings (SSSR count). The normalized spacial score (nSPS) is 23.5. The maximum absolute atomic E-state index is 12.0. The Bertz CT molecular complexity index is 436. The third-order valence-corrected chi connectivity index (χ3v) is 3.68. The zero-order chi connectivity index (χ0) is 12.8. The van der Waals surface area contributed by atoms with Crippen LogP contribution in [0, 0.1) is 0 Å². The molecule has 0 N–H and O–H groups in total. The molecule has 0 spiro atoms. The minimum Gasteiger partial charge on any atom is -0.325 e. The maximum Gasteiger partial charge on any atom is 0.262 e. The molecule has 1 heterocycles. The topological polar surface area (TPSA) is 20.3 Å². The van der Waals surface area contributed by atoms with Gasteiger partial charge in [0.25, 0.3) is 5.91 Å². The first-order valence-corrected chi connectivity index (χ1v) is 6.28. The lowest BCUT2D eigenvalue weighted by molar-refractivity contribution is -0.156. The molecule has 0 radical (unpaired) electrons. The summed E-state index contributed by atoms with van der Waals surface area (Å²) in [7, 11) is 0. The Kier molecular flexibility index (Phi) is 2.91. The number of carbonyl (C=O) groups excluding carboxylic acids is 1. The van der Waals surface area contributed by atoms with E-state index in [0.29, 0.717) is 0 Å². The van der Waals surface area contributed by atoms with E-state index in [4.69, 9.17) is 23.2 Å². The van der Waals surface area contributed by atoms with Crippen LogP contribution in [-0.4, -0.2) is 20.7 Å². The van der Waals surface area contributed by atoms with Gasteiger partial charge in [0.05, 0.1) is 6.04 Å². The first kappa shape index (κ1) is 12.7. The van der Waals surface area contributed by atoms with Gasteiger partial charge in [0.2, 0.25) is 4.33 Å². The second kappa shape index (κ2) is 3.89. The van der Waals surface area contributed by atoms with E-state index >= 15 is 0 Å². The van der Waals surface area contributed by atoms with Crippen molar-refractivity contribution in [3.05, 3.63) is 35.9 Å². The van der Waals surface area contributed by atoms with Crippen LogP contribution >= 0.6 is 23.2 Å². The minimum atomic E-state index is -1.34. The smallest absolute Gasteiger partial charge is 0.262 e. The van der Waals surface area contributed by atoms with Gasteiger partial charge in [-0.1, -0.05) is 53.5 Å². The van der Waals surface area contributed by atoms with Crippen molar-refractivity contribution in [3.63, 3.8) is 0 Å². The number of benzene rings is 1. The molecule has 1 atom stereocenters. The SMILES string of the molecule is CC(C)(C)N1C(=O)C(Cl)(Cl)C1c1ccccc1. The number of rotatable bonds is 1. The van der Waals surface area contributed by atoms with Crippen molar-refractivity contribution in [2.24, 2.45) is 0 Å². The summed E-state index contributed by atoms with van der Waals surface area (Å²) in [6.07, 6.45) is 0. The van der Waals surface area contributed by atoms with Gasteiger partial charge in [-0.05, 0) is 26.3 Å². The van der Waals surface area contributed by atoms with E-state index in [1.54, 1.807) is 4.90 Å². The third kappa shape index (κ3) is 1.94. The molecule has 1 aliphatic rings. The van der Waals surface area contributed by atoms with Crippen molar-refractivity contribution in [2.75, 3.05) is 0 Å². The fourth-order valence-corrected chi connectivity index (χ4v) is 2.81. The van der Waals surface area contributed by atoms with E-state index in [2.05, 4.69) is 0 Å². The van der Waals surface area contributed by atoms with Gasteiger partial charge in [0, 0.05) is 5.54 Å². The van der Waals surface area contributed by atoms with Crippen LogP contribution in [0.4, 0.5) is 0 Å². The summed E-state index contributed by atoms with van der Waals surface area (Å²) in [5.74, 6) is -0.220. The molecule has 1 unspecified atom stereocenters. The molecule has 0 aromatic heterocycles. The Morgan fingerprint density at radius 2 is 1.71 bits per heavy atom. The van der Waals surface area contributed by atoms with E-state index in [0.717, 1.165) is 5.56 Å². The standard InChI is InChI=1S/C13H15Cl2NO/c1-12(2,3)16-10(13(14,15)11(16)17)9-7-5-4-6-8-9/h4-8,10H,1-3H3. The molecule has 17 heavy (non-hydrogen) atoms. The summed E-state index contributed by atoms with van der Waals surface area (Å²) in [6, 6.07) is 9.37. The van der Waals surface area contributed by atoms with Crippen LogP contribution in [0.25, 0.3) is 0 Å². The quantitative estimate of drug-likeness (QED) is 0.565. The average molecular weight is 272 g/mol. The van der Waals surface area contributed by atoms with E-state index < -0.39 is 4.33 Å². The van der Waals surface area contributed by atoms with Crippen LogP contribution in [0.5, 0.6) is 0 Å². The molecular weight excluding hydrogens is 257 g/mol. The number of hydrogen-bond acceptors (Lipinski definition) is 1. The van der Waals surface area contributed by atoms with Gasteiger partial charge in [-0.15, -0.1) is 0 Å². The van der Waals surface area contributed by atoms with Crippen molar-refractivity contribution in [1.29, 1.82) is 0 Å². The molecule has 1 fully saturated rings. The lowest BCUT2D eigenvalue weighted by Gasteiger charge is -2.55. The second-order valence-corrected chi connectivity index (χ2v) is 6.67. The monoisotopic (exact) mass is 271 g/mol. The Balaban J connectivity index is 2.41. The summed E-state index contributed by atoms with van der Waals surface area (Å²) in [5.41, 5.74) is 0.678. The number of likely N-dealkylation sites (tertiary alicyclic amines) is 1. The van der Waals surface area contributed by atoms with Gasteiger partial charge in [0.15, 0.2) is 0 Å². The van der Waals surface area contributed by atoms with Gasteiger partial charge in [-0.25, -0.2) is 0 Å². The molecule has 1 amide bonds. The van der Waals surface area contributed by atoms with E-state index in [1.165, 1.54) is 0 Å². The number of nitrogens with zero attached hydrogens (tertiary/aromatic N) is 1. The molecule has 1 saturated heterocycles. The highest BCUT2D eigenvalue weighted by Crippen LogP contribution is 2.53. The van der Waals surface area contributed by atoms with Crippen molar-refractivity contribution in [1.82, 2.24) is 4.90 Å². The molecule has 4 heteroatoms. The Hall–Kier alpha value is -0.730. The van der Waals surface area contributed by atoms with Crippen LogP contribution in [0.2, 0.25) is 0 Å². The van der Waals surface area contributed by atoms with Crippen LogP contribution in [-0.2, 0) is 4.79 Å². The summed E-state index contributed by atoms with van der Waals surface area (Å²) in [6.45, 7) is 5.93. The number of alkyl halides is 2. The number of halogens is 2. The summed E-state index contributed by atoms with van der Waals surface area (Å²) >= 11 is 12.3. The lowest BCUT2D eigenvalue weighted by atomic mass is 9.87. The Morgan fingerprint density at radius 3 is 2.18 bits per heavy atom. The van der Waals surface area contributed by atoms with E-state index in [9.17, 15) is 4.79 Å². The molecule has 92 valence electrons. The molecule has 1 aromatic rings. The average Bonchev–Trinajstić information content (AvgIpc) is 2.24. The lowest BCUT2D eigenvalue weighted by Crippen LogP contribution is -2.68. The summed E-state index contributed by atoms with van der Waals surface area (Å²) < 4.78 is -1.34. The summed E-state index contributed by atoms with van der Waals surface area (Å²) in [5, 5.41) is 0. The van der Waals surface area contributed by atoms with Gasteiger partial charge < -0.3 is 4.90 Å². The molecule has 2 nitrogen and oxygen atoms in total. The predicted octanol–water partition coefficient (Wildman–Crippen LogP) is 3.54. The number of hydrogen-bond donors (Lipinski definition) is 0. The second-order valence-electron chi connectivity index (χ2n) is 5.28. The van der Waals surface area contributed by atoms with Crippen LogP contribution in [0.1, 0.15) is 32.4 Å². The molecular formula is C13H15Cl2NO. The minimum absolute atomic E-state index is 0.220. The number of β-lactam (4-membered cyclic amide) rings is 1. The van der Waals surface area contributed by atoms with Crippen molar-refractivity contribution < 1.29 is 4.79 Å². The van der Waals surface area contributed by atoms with Crippen LogP contribution in [0.3, 0.4) is 0 Å². The highest BCUT2D eigenvalue weighted by atomic mass is 35.5. The predicted molar refractivity (Wildman–Crippen MR) is 70.2 cm³/mol. The van der Waals surface area contributed by atoms with Gasteiger partial charge >= 0.3 is 0 Å². The highest BCUT2D eigenvalue weighted by Gasteiger charge is 2.62. The van der Waals surface area contributed by atoms with E-state index in [1.807, 2.05) is 51.1 Å². The zero-order valence-electron chi connectivity index (χ0n) is 10.1. The Labute approximate surface area is 112 Å². The molecule has 0 bridgehead atoms. The summed E-state index contributed by atoms with van der Waals surface area (Å²) in [4.78, 5) is 13.7. The highest BCUT2D eigenvalue weighted by molar-refractivity contribution is 6.60. The van der Waals surface area contributed by atoms with Gasteiger partial charge in [-0.3, -0.25) is 4.79 Å². The zero-order valence-corrected chi connectivity index (χ0v) is 11.6. The fourth-order valence-electron chi connectivity index (χ4n) is 2.18. The number of carbonyl (C=O) groups is 1. The van der Waals surface area contributed by atoms with Crippen LogP contribution < -0.4 is 0 Å². The largest absolute Gasteiger partial charge is 0.325 e. The maximum atomic E-state index is 12.0. The first-order valence-electron chi connectivity index (χ1n) is 5.53. The molecule has 0 saturated carbocycles. The van der Waals surface area contributed by atoms with E-state index in [-0.39, 0.29) is 17.5 Å².